The first kappa shape index (κ1) is 11.1. The fourth-order valence-electron chi connectivity index (χ4n) is 4.59. The Hall–Kier alpha value is 0.280. The molecule has 92 valence electrons. The summed E-state index contributed by atoms with van der Waals surface area (Å²) >= 11 is 14.5. The van der Waals surface area contributed by atoms with Gasteiger partial charge in [-0.1, -0.05) is 11.6 Å². The number of hydrogen-bond donors (Lipinski definition) is 0. The van der Waals surface area contributed by atoms with E-state index in [0.717, 1.165) is 33.9 Å². The monoisotopic (exact) mass is 286 g/mol. The Morgan fingerprint density at radius 2 is 1.94 bits per heavy atom. The SMILES string of the molecule is Cc1cc(C(Cl)C2C3C4CCC(C4)C32)sc1Cl. The molecule has 5 atom stereocenters. The molecule has 0 nitrogen and oxygen atoms in total. The van der Waals surface area contributed by atoms with Crippen LogP contribution in [0.3, 0.4) is 0 Å². The number of aryl methyl sites for hydroxylation is 1. The van der Waals surface area contributed by atoms with Crippen LogP contribution < -0.4 is 0 Å². The lowest BCUT2D eigenvalue weighted by atomic mass is 9.99. The number of hydrogen-bond acceptors (Lipinski definition) is 1. The first-order valence-corrected chi connectivity index (χ1v) is 8.20. The van der Waals surface area contributed by atoms with Gasteiger partial charge in [0.05, 0.1) is 9.71 Å². The highest BCUT2D eigenvalue weighted by Crippen LogP contribution is 2.73. The molecule has 0 radical (unpaired) electrons. The van der Waals surface area contributed by atoms with Crippen molar-refractivity contribution < 1.29 is 0 Å². The zero-order valence-corrected chi connectivity index (χ0v) is 12.2. The van der Waals surface area contributed by atoms with Crippen molar-refractivity contribution in [2.75, 3.05) is 0 Å². The van der Waals surface area contributed by atoms with E-state index in [-0.39, 0.29) is 5.38 Å². The summed E-state index contributed by atoms with van der Waals surface area (Å²) in [6.07, 6.45) is 4.44. The predicted molar refractivity (Wildman–Crippen MR) is 74.0 cm³/mol. The zero-order chi connectivity index (χ0) is 11.7. The Labute approximate surface area is 116 Å². The van der Waals surface area contributed by atoms with E-state index in [1.807, 2.05) is 0 Å². The Balaban J connectivity index is 1.57. The van der Waals surface area contributed by atoms with Crippen LogP contribution in [0.2, 0.25) is 4.34 Å². The lowest BCUT2D eigenvalue weighted by Gasteiger charge is -2.12. The summed E-state index contributed by atoms with van der Waals surface area (Å²) < 4.78 is 0.916. The number of fused-ring (bicyclic) bond motifs is 5. The maximum atomic E-state index is 6.70. The number of halogens is 2. The third kappa shape index (κ3) is 1.49. The van der Waals surface area contributed by atoms with Crippen LogP contribution in [0, 0.1) is 36.5 Å². The molecule has 1 aromatic heterocycles. The van der Waals surface area contributed by atoms with E-state index in [4.69, 9.17) is 23.2 Å². The Morgan fingerprint density at radius 1 is 1.29 bits per heavy atom. The van der Waals surface area contributed by atoms with Crippen LogP contribution in [0.5, 0.6) is 0 Å². The van der Waals surface area contributed by atoms with Gasteiger partial charge in [-0.05, 0) is 67.4 Å². The number of thiophene rings is 1. The first-order valence-electron chi connectivity index (χ1n) is 6.56. The molecule has 3 saturated carbocycles. The number of rotatable bonds is 2. The van der Waals surface area contributed by atoms with Crippen LogP contribution in [0.1, 0.15) is 35.1 Å². The van der Waals surface area contributed by atoms with Gasteiger partial charge in [0.15, 0.2) is 0 Å². The van der Waals surface area contributed by atoms with Crippen LogP contribution >= 0.6 is 34.5 Å². The highest BCUT2D eigenvalue weighted by molar-refractivity contribution is 7.16. The first-order chi connectivity index (χ1) is 8.16. The minimum Gasteiger partial charge on any atom is -0.127 e. The molecule has 0 spiro atoms. The van der Waals surface area contributed by atoms with Crippen LogP contribution in [0.4, 0.5) is 0 Å². The van der Waals surface area contributed by atoms with Crippen LogP contribution in [0.25, 0.3) is 0 Å². The number of alkyl halides is 1. The molecule has 17 heavy (non-hydrogen) atoms. The van der Waals surface area contributed by atoms with Crippen molar-refractivity contribution in [1.82, 2.24) is 0 Å². The zero-order valence-electron chi connectivity index (χ0n) is 9.83. The molecule has 0 aromatic carbocycles. The van der Waals surface area contributed by atoms with E-state index < -0.39 is 0 Å². The van der Waals surface area contributed by atoms with Crippen molar-refractivity contribution in [2.45, 2.75) is 31.6 Å². The van der Waals surface area contributed by atoms with Crippen LogP contribution in [-0.2, 0) is 0 Å². The molecule has 0 N–H and O–H groups in total. The second kappa shape index (κ2) is 3.65. The largest absolute Gasteiger partial charge is 0.127 e. The smallest absolute Gasteiger partial charge is 0.0960 e. The topological polar surface area (TPSA) is 0 Å². The standard InChI is InChI=1S/C14H16Cl2S/c1-6-4-9(17-14(6)16)13(15)12-10-7-2-3-8(5-7)11(10)12/h4,7-8,10-13H,2-3,5H2,1H3. The van der Waals surface area contributed by atoms with Gasteiger partial charge in [-0.3, -0.25) is 0 Å². The van der Waals surface area contributed by atoms with Crippen molar-refractivity contribution in [2.24, 2.45) is 29.6 Å². The van der Waals surface area contributed by atoms with Crippen LogP contribution in [-0.4, -0.2) is 0 Å². The third-order valence-electron chi connectivity index (χ3n) is 5.28. The van der Waals surface area contributed by atoms with E-state index >= 15 is 0 Å². The quantitative estimate of drug-likeness (QED) is 0.649. The highest BCUT2D eigenvalue weighted by atomic mass is 35.5. The fourth-order valence-corrected chi connectivity index (χ4v) is 6.38. The van der Waals surface area contributed by atoms with Gasteiger partial charge in [0, 0.05) is 4.88 Å². The van der Waals surface area contributed by atoms with Crippen molar-refractivity contribution in [3.8, 4) is 0 Å². The molecule has 2 bridgehead atoms. The van der Waals surface area contributed by atoms with Crippen molar-refractivity contribution in [3.63, 3.8) is 0 Å². The van der Waals surface area contributed by atoms with Gasteiger partial charge >= 0.3 is 0 Å². The lowest BCUT2D eigenvalue weighted by molar-refractivity contribution is 0.456. The summed E-state index contributed by atoms with van der Waals surface area (Å²) in [5, 5.41) is 0.226. The maximum absolute atomic E-state index is 6.70. The molecular weight excluding hydrogens is 271 g/mol. The second-order valence-corrected chi connectivity index (χ2v) is 8.23. The van der Waals surface area contributed by atoms with E-state index in [0.29, 0.717) is 0 Å². The van der Waals surface area contributed by atoms with E-state index in [2.05, 4.69) is 13.0 Å². The van der Waals surface area contributed by atoms with Crippen molar-refractivity contribution in [3.05, 3.63) is 20.8 Å². The van der Waals surface area contributed by atoms with E-state index in [1.54, 1.807) is 11.3 Å². The molecule has 3 heteroatoms. The average Bonchev–Trinajstić information content (AvgIpc) is 2.60. The summed E-state index contributed by atoms with van der Waals surface area (Å²) in [4.78, 5) is 1.30. The van der Waals surface area contributed by atoms with Crippen molar-refractivity contribution >= 4 is 34.5 Å². The molecule has 4 rings (SSSR count). The Bertz CT molecular complexity index is 431. The van der Waals surface area contributed by atoms with Crippen molar-refractivity contribution in [1.29, 1.82) is 0 Å². The van der Waals surface area contributed by atoms with Gasteiger partial charge in [-0.2, -0.15) is 0 Å². The molecule has 0 amide bonds. The Morgan fingerprint density at radius 3 is 2.47 bits per heavy atom. The molecule has 3 aliphatic carbocycles. The summed E-state index contributed by atoms with van der Waals surface area (Å²) in [6, 6.07) is 2.20. The molecule has 3 aliphatic rings. The predicted octanol–water partition coefficient (Wildman–Crippen LogP) is 5.28. The molecule has 1 aromatic rings. The molecule has 1 heterocycles. The Kier molecular flexibility index (Phi) is 2.39. The molecule has 0 aliphatic heterocycles. The molecule has 0 saturated heterocycles. The molecular formula is C14H16Cl2S. The molecule has 3 fully saturated rings. The average molecular weight is 287 g/mol. The minimum atomic E-state index is 0.226. The second-order valence-electron chi connectivity index (χ2n) is 6.07. The van der Waals surface area contributed by atoms with Crippen LogP contribution in [0.15, 0.2) is 6.07 Å². The van der Waals surface area contributed by atoms with E-state index in [1.165, 1.54) is 29.7 Å². The molecule has 5 unspecified atom stereocenters. The fraction of sp³-hybridized carbons (Fsp3) is 0.714. The van der Waals surface area contributed by atoms with Gasteiger partial charge in [0.2, 0.25) is 0 Å². The normalized spacial score (nSPS) is 43.8. The van der Waals surface area contributed by atoms with Gasteiger partial charge in [-0.15, -0.1) is 22.9 Å². The summed E-state index contributed by atoms with van der Waals surface area (Å²) in [5.74, 6) is 4.69. The van der Waals surface area contributed by atoms with E-state index in [9.17, 15) is 0 Å². The maximum Gasteiger partial charge on any atom is 0.0960 e. The summed E-state index contributed by atoms with van der Waals surface area (Å²) in [5.41, 5.74) is 1.19. The van der Waals surface area contributed by atoms with Gasteiger partial charge in [-0.25, -0.2) is 0 Å². The minimum absolute atomic E-state index is 0.226. The lowest BCUT2D eigenvalue weighted by Crippen LogP contribution is -2.02. The summed E-state index contributed by atoms with van der Waals surface area (Å²) in [7, 11) is 0. The van der Waals surface area contributed by atoms with Gasteiger partial charge in [0.1, 0.15) is 0 Å². The third-order valence-corrected chi connectivity index (χ3v) is 7.57. The highest BCUT2D eigenvalue weighted by Gasteiger charge is 2.66. The van der Waals surface area contributed by atoms with Gasteiger partial charge in [0.25, 0.3) is 0 Å². The van der Waals surface area contributed by atoms with Gasteiger partial charge < -0.3 is 0 Å². The summed E-state index contributed by atoms with van der Waals surface area (Å²) in [6.45, 7) is 2.07.